The second-order valence-electron chi connectivity index (χ2n) is 6.37. The fourth-order valence-corrected chi connectivity index (χ4v) is 3.13. The molecule has 0 spiro atoms. The predicted molar refractivity (Wildman–Crippen MR) is 89.8 cm³/mol. The fraction of sp³-hybridized carbons (Fsp3) is 0.556. The molecule has 2 heterocycles. The van der Waals surface area contributed by atoms with Gasteiger partial charge in [-0.2, -0.15) is 4.98 Å². The van der Waals surface area contributed by atoms with Crippen molar-refractivity contribution in [3.05, 3.63) is 41.5 Å². The van der Waals surface area contributed by atoms with Gasteiger partial charge in [-0.05, 0) is 56.5 Å². The number of aliphatic hydroxyl groups is 1. The zero-order valence-electron chi connectivity index (χ0n) is 14.1. The van der Waals surface area contributed by atoms with Crippen molar-refractivity contribution in [1.82, 2.24) is 15.0 Å². The van der Waals surface area contributed by atoms with Gasteiger partial charge in [0.2, 0.25) is 5.89 Å². The lowest BCUT2D eigenvalue weighted by Gasteiger charge is -2.31. The lowest BCUT2D eigenvalue weighted by atomic mass is 9.93. The number of rotatable bonds is 7. The molecule has 2 aromatic rings. The lowest BCUT2D eigenvalue weighted by Crippen LogP contribution is -2.33. The Balaban J connectivity index is 1.43. The van der Waals surface area contributed by atoms with E-state index in [1.165, 1.54) is 18.4 Å². The SMILES string of the molecule is Cc1noc(CC2CCN(Cc3ccc(OCCO)cc3)CC2)n1. The first-order chi connectivity index (χ1) is 11.7. The Labute approximate surface area is 142 Å². The zero-order chi connectivity index (χ0) is 16.8. The maximum absolute atomic E-state index is 8.77. The van der Waals surface area contributed by atoms with Crippen molar-refractivity contribution in [3.63, 3.8) is 0 Å². The van der Waals surface area contributed by atoms with E-state index in [0.29, 0.717) is 18.3 Å². The molecule has 1 aromatic carbocycles. The minimum atomic E-state index is 0.0415. The Hall–Kier alpha value is -1.92. The average Bonchev–Trinajstić information content (AvgIpc) is 3.01. The van der Waals surface area contributed by atoms with E-state index in [9.17, 15) is 0 Å². The van der Waals surface area contributed by atoms with Crippen LogP contribution in [0.5, 0.6) is 5.75 Å². The van der Waals surface area contributed by atoms with Crippen LogP contribution < -0.4 is 4.74 Å². The first-order valence-electron chi connectivity index (χ1n) is 8.57. The Kier molecular flexibility index (Phi) is 5.82. The van der Waals surface area contributed by atoms with Gasteiger partial charge >= 0.3 is 0 Å². The average molecular weight is 331 g/mol. The molecule has 1 aromatic heterocycles. The van der Waals surface area contributed by atoms with E-state index in [-0.39, 0.29) is 6.61 Å². The smallest absolute Gasteiger partial charge is 0.226 e. The maximum Gasteiger partial charge on any atom is 0.226 e. The van der Waals surface area contributed by atoms with Crippen molar-refractivity contribution in [1.29, 1.82) is 0 Å². The third kappa shape index (κ3) is 4.79. The van der Waals surface area contributed by atoms with Crippen molar-refractivity contribution in [2.75, 3.05) is 26.3 Å². The van der Waals surface area contributed by atoms with Crippen molar-refractivity contribution in [3.8, 4) is 5.75 Å². The first-order valence-corrected chi connectivity index (χ1v) is 8.57. The van der Waals surface area contributed by atoms with Crippen LogP contribution in [0.15, 0.2) is 28.8 Å². The highest BCUT2D eigenvalue weighted by molar-refractivity contribution is 5.27. The van der Waals surface area contributed by atoms with Crippen LogP contribution in [-0.4, -0.2) is 46.5 Å². The third-order valence-electron chi connectivity index (χ3n) is 4.43. The molecule has 130 valence electrons. The molecule has 0 saturated carbocycles. The first kappa shape index (κ1) is 16.9. The molecular weight excluding hydrogens is 306 g/mol. The monoisotopic (exact) mass is 331 g/mol. The number of likely N-dealkylation sites (tertiary alicyclic amines) is 1. The quantitative estimate of drug-likeness (QED) is 0.839. The van der Waals surface area contributed by atoms with Gasteiger partial charge in [0.15, 0.2) is 5.82 Å². The second kappa shape index (κ2) is 8.26. The zero-order valence-corrected chi connectivity index (χ0v) is 14.1. The summed E-state index contributed by atoms with van der Waals surface area (Å²) in [5.74, 6) is 2.93. The Bertz CT molecular complexity index is 619. The molecule has 1 aliphatic rings. The van der Waals surface area contributed by atoms with Crippen LogP contribution in [-0.2, 0) is 13.0 Å². The molecule has 6 nitrogen and oxygen atoms in total. The number of aromatic nitrogens is 2. The molecule has 0 aliphatic carbocycles. The highest BCUT2D eigenvalue weighted by Crippen LogP contribution is 2.23. The van der Waals surface area contributed by atoms with Crippen molar-refractivity contribution in [2.45, 2.75) is 32.7 Å². The highest BCUT2D eigenvalue weighted by atomic mass is 16.5. The summed E-state index contributed by atoms with van der Waals surface area (Å²) < 4.78 is 10.6. The van der Waals surface area contributed by atoms with E-state index in [4.69, 9.17) is 14.4 Å². The van der Waals surface area contributed by atoms with Crippen molar-refractivity contribution in [2.24, 2.45) is 5.92 Å². The minimum absolute atomic E-state index is 0.0415. The van der Waals surface area contributed by atoms with Gasteiger partial charge in [0.1, 0.15) is 12.4 Å². The van der Waals surface area contributed by atoms with Gasteiger partial charge in [0.25, 0.3) is 0 Å². The number of piperidine rings is 1. The molecule has 0 atom stereocenters. The molecule has 0 radical (unpaired) electrons. The maximum atomic E-state index is 8.77. The minimum Gasteiger partial charge on any atom is -0.491 e. The summed E-state index contributed by atoms with van der Waals surface area (Å²) >= 11 is 0. The van der Waals surface area contributed by atoms with Crippen molar-refractivity contribution >= 4 is 0 Å². The Morgan fingerprint density at radius 1 is 1.25 bits per heavy atom. The summed E-state index contributed by atoms with van der Waals surface area (Å²) in [6, 6.07) is 8.13. The number of hydrogen-bond acceptors (Lipinski definition) is 6. The van der Waals surface area contributed by atoms with Gasteiger partial charge in [0.05, 0.1) is 6.61 Å². The summed E-state index contributed by atoms with van der Waals surface area (Å²) in [6.07, 6.45) is 3.23. The van der Waals surface area contributed by atoms with Gasteiger partial charge in [-0.25, -0.2) is 0 Å². The van der Waals surface area contributed by atoms with Gasteiger partial charge in [-0.15, -0.1) is 0 Å². The molecule has 1 aliphatic heterocycles. The molecule has 1 N–H and O–H groups in total. The van der Waals surface area contributed by atoms with Crippen LogP contribution >= 0.6 is 0 Å². The lowest BCUT2D eigenvalue weighted by molar-refractivity contribution is 0.170. The third-order valence-corrected chi connectivity index (χ3v) is 4.43. The number of aryl methyl sites for hydroxylation is 1. The van der Waals surface area contributed by atoms with Gasteiger partial charge in [0, 0.05) is 13.0 Å². The summed E-state index contributed by atoms with van der Waals surface area (Å²) in [6.45, 7) is 5.40. The number of benzene rings is 1. The topological polar surface area (TPSA) is 71.6 Å². The van der Waals surface area contributed by atoms with Gasteiger partial charge < -0.3 is 14.4 Å². The molecule has 0 bridgehead atoms. The highest BCUT2D eigenvalue weighted by Gasteiger charge is 2.21. The fourth-order valence-electron chi connectivity index (χ4n) is 3.13. The number of hydrogen-bond donors (Lipinski definition) is 1. The Morgan fingerprint density at radius 3 is 2.62 bits per heavy atom. The number of ether oxygens (including phenoxy) is 1. The standard InChI is InChI=1S/C18H25N3O3/c1-14-19-18(24-20-14)12-15-6-8-21(9-7-15)13-16-2-4-17(5-3-16)23-11-10-22/h2-5,15,22H,6-13H2,1H3. The van der Waals surface area contributed by atoms with Crippen molar-refractivity contribution < 1.29 is 14.4 Å². The summed E-state index contributed by atoms with van der Waals surface area (Å²) in [5.41, 5.74) is 1.29. The molecule has 24 heavy (non-hydrogen) atoms. The molecule has 1 fully saturated rings. The molecule has 0 amide bonds. The number of aliphatic hydroxyl groups excluding tert-OH is 1. The van der Waals surface area contributed by atoms with Gasteiger partial charge in [-0.1, -0.05) is 17.3 Å². The van der Waals surface area contributed by atoms with E-state index >= 15 is 0 Å². The van der Waals surface area contributed by atoms with Crippen LogP contribution in [0.2, 0.25) is 0 Å². The molecule has 1 saturated heterocycles. The van der Waals surface area contributed by atoms with E-state index in [1.807, 2.05) is 19.1 Å². The van der Waals surface area contributed by atoms with E-state index in [0.717, 1.165) is 37.7 Å². The van der Waals surface area contributed by atoms with Crippen LogP contribution in [0.4, 0.5) is 0 Å². The molecule has 6 heteroatoms. The summed E-state index contributed by atoms with van der Waals surface area (Å²) in [4.78, 5) is 6.79. The predicted octanol–water partition coefficient (Wildman–Crippen LogP) is 2.20. The van der Waals surface area contributed by atoms with Crippen LogP contribution in [0.1, 0.15) is 30.1 Å². The van der Waals surface area contributed by atoms with Crippen LogP contribution in [0, 0.1) is 12.8 Å². The van der Waals surface area contributed by atoms with Crippen LogP contribution in [0.3, 0.4) is 0 Å². The summed E-state index contributed by atoms with van der Waals surface area (Å²) in [5, 5.41) is 12.6. The van der Waals surface area contributed by atoms with E-state index in [2.05, 4.69) is 27.2 Å². The summed E-state index contributed by atoms with van der Waals surface area (Å²) in [7, 11) is 0. The normalized spacial score (nSPS) is 16.4. The van der Waals surface area contributed by atoms with E-state index < -0.39 is 0 Å². The molecular formula is C18H25N3O3. The number of nitrogens with zero attached hydrogens (tertiary/aromatic N) is 3. The Morgan fingerprint density at radius 2 is 2.00 bits per heavy atom. The molecule has 0 unspecified atom stereocenters. The largest absolute Gasteiger partial charge is 0.491 e. The van der Waals surface area contributed by atoms with Gasteiger partial charge in [-0.3, -0.25) is 4.90 Å². The van der Waals surface area contributed by atoms with E-state index in [1.54, 1.807) is 0 Å². The van der Waals surface area contributed by atoms with Crippen LogP contribution in [0.25, 0.3) is 0 Å². The molecule has 3 rings (SSSR count). The second-order valence-corrected chi connectivity index (χ2v) is 6.37.